The molecule has 0 saturated carbocycles. The largest absolute Gasteiger partial charge is 0.478 e. The molecule has 2 aliphatic heterocycles. The van der Waals surface area contributed by atoms with Crippen LogP contribution in [0.5, 0.6) is 0 Å². The number of aromatic nitrogens is 2. The Morgan fingerprint density at radius 3 is 2.23 bits per heavy atom. The van der Waals surface area contributed by atoms with Crippen molar-refractivity contribution >= 4 is 43.8 Å². The third-order valence-electron chi connectivity index (χ3n) is 3.76. The van der Waals surface area contributed by atoms with Crippen LogP contribution in [-0.4, -0.2) is 56.9 Å². The van der Waals surface area contributed by atoms with Gasteiger partial charge in [0, 0.05) is 31.2 Å². The highest BCUT2D eigenvalue weighted by atomic mass is 79.9. The Balaban J connectivity index is 0.000000192. The van der Waals surface area contributed by atoms with Gasteiger partial charge in [0.25, 0.3) is 0 Å². The number of H-pyrrole nitrogens is 1. The van der Waals surface area contributed by atoms with Gasteiger partial charge in [-0.05, 0) is 50.7 Å². The van der Waals surface area contributed by atoms with Crippen molar-refractivity contribution < 1.29 is 19.8 Å². The van der Waals surface area contributed by atoms with E-state index < -0.39 is 11.9 Å². The molecule has 0 spiro atoms. The molecule has 3 atom stereocenters. The summed E-state index contributed by atoms with van der Waals surface area (Å²) in [6.07, 6.45) is 2.46. The molecule has 22 heavy (non-hydrogen) atoms. The SMILES string of the molecule is Brc1n[nH]c(C2CN3CCC2C3)c1Br.O=C(O)/C=C\C(=O)O. The second-order valence-corrected chi connectivity index (χ2v) is 6.71. The van der Waals surface area contributed by atoms with Crippen molar-refractivity contribution in [2.75, 3.05) is 19.6 Å². The van der Waals surface area contributed by atoms with Gasteiger partial charge >= 0.3 is 11.9 Å². The molecule has 7 nitrogen and oxygen atoms in total. The number of aromatic amines is 1. The van der Waals surface area contributed by atoms with Gasteiger partial charge in [0.15, 0.2) is 0 Å². The molecule has 3 unspecified atom stereocenters. The molecule has 3 heterocycles. The van der Waals surface area contributed by atoms with Crippen LogP contribution in [0.3, 0.4) is 0 Å². The van der Waals surface area contributed by atoms with Crippen LogP contribution < -0.4 is 0 Å². The van der Waals surface area contributed by atoms with E-state index in [9.17, 15) is 9.59 Å². The number of carbonyl (C=O) groups is 2. The topological polar surface area (TPSA) is 107 Å². The van der Waals surface area contributed by atoms with E-state index in [1.54, 1.807) is 0 Å². The fourth-order valence-corrected chi connectivity index (χ4v) is 3.59. The van der Waals surface area contributed by atoms with Gasteiger partial charge < -0.3 is 15.1 Å². The molecule has 0 amide bonds. The fourth-order valence-electron chi connectivity index (χ4n) is 2.82. The van der Waals surface area contributed by atoms with Crippen molar-refractivity contribution in [1.29, 1.82) is 0 Å². The standard InChI is InChI=1S/C9H11Br2N3.C4H4O4/c10-7-8(12-13-9(7)11)6-4-14-2-1-5(6)3-14;5-3(6)1-2-4(7)8/h5-6H,1-4H2,(H,12,13);1-2H,(H,5,6)(H,7,8)/b;2-1-. The monoisotopic (exact) mass is 435 g/mol. The molecule has 3 N–H and O–H groups in total. The first-order chi connectivity index (χ1) is 10.4. The lowest BCUT2D eigenvalue weighted by molar-refractivity contribution is -0.134. The summed E-state index contributed by atoms with van der Waals surface area (Å²) in [6, 6.07) is 0. The molecule has 0 aliphatic carbocycles. The third kappa shape index (κ3) is 4.17. The molecule has 120 valence electrons. The van der Waals surface area contributed by atoms with Gasteiger partial charge in [0.05, 0.1) is 10.2 Å². The summed E-state index contributed by atoms with van der Waals surface area (Å²) in [5.41, 5.74) is 1.27. The molecule has 1 aromatic heterocycles. The lowest BCUT2D eigenvalue weighted by atomic mass is 9.90. The second kappa shape index (κ2) is 7.38. The van der Waals surface area contributed by atoms with E-state index in [1.165, 1.54) is 31.7 Å². The zero-order valence-corrected chi connectivity index (χ0v) is 14.7. The number of fused-ring (bicyclic) bond motifs is 2. The van der Waals surface area contributed by atoms with Crippen LogP contribution >= 0.6 is 31.9 Å². The first kappa shape index (κ1) is 17.2. The first-order valence-corrected chi connectivity index (χ1v) is 8.22. The normalized spacial score (nSPS) is 26.0. The van der Waals surface area contributed by atoms with E-state index in [0.717, 1.165) is 15.0 Å². The van der Waals surface area contributed by atoms with Gasteiger partial charge in [0.2, 0.25) is 0 Å². The van der Waals surface area contributed by atoms with Crippen molar-refractivity contribution in [3.63, 3.8) is 0 Å². The van der Waals surface area contributed by atoms with E-state index in [4.69, 9.17) is 10.2 Å². The number of halogens is 2. The highest BCUT2D eigenvalue weighted by Gasteiger charge is 2.40. The Morgan fingerprint density at radius 1 is 1.23 bits per heavy atom. The highest BCUT2D eigenvalue weighted by Crippen LogP contribution is 2.42. The summed E-state index contributed by atoms with van der Waals surface area (Å²) >= 11 is 6.99. The van der Waals surface area contributed by atoms with Crippen LogP contribution in [0.4, 0.5) is 0 Å². The van der Waals surface area contributed by atoms with Crippen molar-refractivity contribution in [3.05, 3.63) is 26.9 Å². The molecule has 0 aromatic carbocycles. The van der Waals surface area contributed by atoms with Gasteiger partial charge in [-0.25, -0.2) is 9.59 Å². The van der Waals surface area contributed by atoms with Crippen LogP contribution in [0.2, 0.25) is 0 Å². The first-order valence-electron chi connectivity index (χ1n) is 6.64. The number of nitrogens with zero attached hydrogens (tertiary/aromatic N) is 2. The minimum atomic E-state index is -1.26. The van der Waals surface area contributed by atoms with Crippen molar-refractivity contribution in [2.24, 2.45) is 5.92 Å². The molecule has 3 rings (SSSR count). The average Bonchev–Trinajstić information content (AvgIpc) is 3.15. The number of carboxylic acid groups (broad SMARTS) is 2. The Hall–Kier alpha value is -1.19. The van der Waals surface area contributed by atoms with Crippen LogP contribution in [0.1, 0.15) is 18.0 Å². The maximum absolute atomic E-state index is 9.55. The van der Waals surface area contributed by atoms with E-state index >= 15 is 0 Å². The molecule has 2 aliphatic rings. The number of nitrogens with one attached hydrogen (secondary N) is 1. The Morgan fingerprint density at radius 2 is 1.86 bits per heavy atom. The third-order valence-corrected chi connectivity index (χ3v) is 5.67. The van der Waals surface area contributed by atoms with Gasteiger partial charge in [-0.1, -0.05) is 0 Å². The Labute approximate surface area is 143 Å². The molecule has 2 saturated heterocycles. The van der Waals surface area contributed by atoms with Gasteiger partial charge in [-0.15, -0.1) is 0 Å². The van der Waals surface area contributed by atoms with E-state index in [-0.39, 0.29) is 0 Å². The lowest BCUT2D eigenvalue weighted by Gasteiger charge is -2.20. The van der Waals surface area contributed by atoms with E-state index in [2.05, 4.69) is 47.0 Å². The predicted molar refractivity (Wildman–Crippen MR) is 85.7 cm³/mol. The number of aliphatic carboxylic acids is 2. The summed E-state index contributed by atoms with van der Waals surface area (Å²) in [7, 11) is 0. The summed E-state index contributed by atoms with van der Waals surface area (Å²) < 4.78 is 2.00. The molecule has 2 fully saturated rings. The van der Waals surface area contributed by atoms with E-state index in [1.807, 2.05) is 0 Å². The Kier molecular flexibility index (Phi) is 5.76. The average molecular weight is 437 g/mol. The summed E-state index contributed by atoms with van der Waals surface area (Å²) in [6.45, 7) is 3.75. The van der Waals surface area contributed by atoms with Crippen molar-refractivity contribution in [3.8, 4) is 0 Å². The number of piperidine rings is 1. The number of rotatable bonds is 3. The molecule has 0 radical (unpaired) electrons. The van der Waals surface area contributed by atoms with Gasteiger partial charge in [-0.2, -0.15) is 5.10 Å². The maximum Gasteiger partial charge on any atom is 0.328 e. The van der Waals surface area contributed by atoms with Crippen molar-refractivity contribution in [2.45, 2.75) is 12.3 Å². The number of carboxylic acids is 2. The summed E-state index contributed by atoms with van der Waals surface area (Å²) in [5.74, 6) is -1.03. The molecular formula is C13H15Br2N3O4. The number of hydrogen-bond acceptors (Lipinski definition) is 4. The predicted octanol–water partition coefficient (Wildman–Crippen LogP) is 2.07. The van der Waals surface area contributed by atoms with Crippen LogP contribution in [0.25, 0.3) is 0 Å². The molecular weight excluding hydrogens is 422 g/mol. The molecule has 2 bridgehead atoms. The smallest absolute Gasteiger partial charge is 0.328 e. The zero-order chi connectivity index (χ0) is 16.3. The van der Waals surface area contributed by atoms with E-state index in [0.29, 0.717) is 18.1 Å². The van der Waals surface area contributed by atoms with Gasteiger partial charge in [-0.3, -0.25) is 5.10 Å². The molecule has 9 heteroatoms. The lowest BCUT2D eigenvalue weighted by Crippen LogP contribution is -2.22. The van der Waals surface area contributed by atoms with Crippen LogP contribution in [-0.2, 0) is 9.59 Å². The highest BCUT2D eigenvalue weighted by molar-refractivity contribution is 9.13. The van der Waals surface area contributed by atoms with Crippen molar-refractivity contribution in [1.82, 2.24) is 15.1 Å². The second-order valence-electron chi connectivity index (χ2n) is 5.17. The maximum atomic E-state index is 9.55. The van der Waals surface area contributed by atoms with Crippen LogP contribution in [0, 0.1) is 5.92 Å². The zero-order valence-electron chi connectivity index (χ0n) is 11.5. The number of hydrogen-bond donors (Lipinski definition) is 3. The minimum Gasteiger partial charge on any atom is -0.478 e. The Bertz CT molecular complexity index is 586. The molecule has 1 aromatic rings. The summed E-state index contributed by atoms with van der Waals surface area (Å²) in [5, 5.41) is 22.9. The van der Waals surface area contributed by atoms with Gasteiger partial charge in [0.1, 0.15) is 4.60 Å². The summed E-state index contributed by atoms with van der Waals surface area (Å²) in [4.78, 5) is 21.6. The van der Waals surface area contributed by atoms with Crippen LogP contribution in [0.15, 0.2) is 21.2 Å². The quantitative estimate of drug-likeness (QED) is 0.626. The fraction of sp³-hybridized carbons (Fsp3) is 0.462. The minimum absolute atomic E-state index is 0.558.